The van der Waals surface area contributed by atoms with Gasteiger partial charge in [0.15, 0.2) is 5.78 Å². The zero-order valence-electron chi connectivity index (χ0n) is 18.7. The Morgan fingerprint density at radius 3 is 2.14 bits per heavy atom. The Hall–Kier alpha value is -4.19. The molecule has 2 rings (SSSR count). The number of carbonyl (C=O) groups excluding carboxylic acids is 4. The van der Waals surface area contributed by atoms with E-state index >= 15 is 0 Å². The van der Waals surface area contributed by atoms with E-state index in [2.05, 4.69) is 15.5 Å². The van der Waals surface area contributed by atoms with Gasteiger partial charge in [0.05, 0.1) is 29.4 Å². The van der Waals surface area contributed by atoms with Gasteiger partial charge in [0.25, 0.3) is 5.69 Å². The van der Waals surface area contributed by atoms with Crippen molar-refractivity contribution >= 4 is 46.6 Å². The van der Waals surface area contributed by atoms with Gasteiger partial charge in [-0.1, -0.05) is 30.3 Å². The average molecular weight is 505 g/mol. The monoisotopic (exact) mass is 504 g/mol. The van der Waals surface area contributed by atoms with E-state index in [1.54, 1.807) is 18.2 Å². The van der Waals surface area contributed by atoms with Crippen LogP contribution in [0.2, 0.25) is 0 Å². The number of nitro groups is 1. The number of carbonyl (C=O) groups is 4. The summed E-state index contributed by atoms with van der Waals surface area (Å²) < 4.78 is 9.80. The van der Waals surface area contributed by atoms with Crippen molar-refractivity contribution in [3.8, 4) is 0 Å². The lowest BCUT2D eigenvalue weighted by atomic mass is 10.0. The number of nitro benzene ring substituents is 1. The molecule has 0 spiro atoms. The van der Waals surface area contributed by atoms with Gasteiger partial charge >= 0.3 is 17.6 Å². The second kappa shape index (κ2) is 12.3. The minimum absolute atomic E-state index is 0.179. The van der Waals surface area contributed by atoms with Crippen molar-refractivity contribution < 1.29 is 33.6 Å². The van der Waals surface area contributed by atoms with E-state index in [1.807, 2.05) is 0 Å². The average Bonchev–Trinajstić information content (AvgIpc) is 2.86. The Bertz CT molecular complexity index is 1140. The van der Waals surface area contributed by atoms with Gasteiger partial charge in [-0.15, -0.1) is 16.7 Å². The predicted molar refractivity (Wildman–Crippen MR) is 122 cm³/mol. The predicted octanol–water partition coefficient (Wildman–Crippen LogP) is 3.09. The van der Waals surface area contributed by atoms with Crippen LogP contribution in [0.4, 0.5) is 11.4 Å². The summed E-state index contributed by atoms with van der Waals surface area (Å²) in [6, 6.07) is 11.0. The van der Waals surface area contributed by atoms with Gasteiger partial charge in [0.2, 0.25) is 5.91 Å². The number of hydrogen-bond donors (Lipinski definition) is 1. The molecule has 0 bridgehead atoms. The molecular weight excluding hydrogens is 484 g/mol. The van der Waals surface area contributed by atoms with Crippen LogP contribution in [-0.4, -0.2) is 53.3 Å². The fourth-order valence-electron chi connectivity index (χ4n) is 2.78. The number of nitrogens with one attached hydrogen (secondary N) is 1. The Morgan fingerprint density at radius 1 is 1.03 bits per heavy atom. The standard InChI is InChI=1S/C22H21ClN4O8/c1-3-34-20(30)22(21(31)35-4-2,24-18(28)13-23)26-25-17-11-10-15(27(32)33)12-16(17)19(29)14-8-6-5-7-9-14/h5-12H,3-4,13H2,1-2H3,(H,24,28)/b26-25+. The number of nitrogens with zero attached hydrogens (tertiary/aromatic N) is 3. The summed E-state index contributed by atoms with van der Waals surface area (Å²) in [6.45, 7) is 2.56. The fourth-order valence-corrected chi connectivity index (χ4v) is 2.85. The van der Waals surface area contributed by atoms with Gasteiger partial charge in [-0.05, 0) is 19.9 Å². The molecule has 0 heterocycles. The molecule has 0 aliphatic heterocycles. The van der Waals surface area contributed by atoms with Crippen molar-refractivity contribution in [3.05, 3.63) is 69.8 Å². The summed E-state index contributed by atoms with van der Waals surface area (Å²) in [5.41, 5.74) is -3.43. The molecule has 0 saturated carbocycles. The molecule has 184 valence electrons. The SMILES string of the molecule is CCOC(=O)C(/N=N/c1ccc([N+](=O)[O-])cc1C(=O)c1ccccc1)(NC(=O)CCl)C(=O)OCC. The highest BCUT2D eigenvalue weighted by molar-refractivity contribution is 6.28. The number of non-ortho nitro benzene ring substituents is 1. The number of esters is 2. The number of halogens is 1. The van der Waals surface area contributed by atoms with Crippen molar-refractivity contribution in [2.75, 3.05) is 19.1 Å². The molecule has 1 amide bonds. The van der Waals surface area contributed by atoms with Crippen molar-refractivity contribution in [2.24, 2.45) is 10.2 Å². The molecule has 0 aromatic heterocycles. The number of azo groups is 1. The van der Waals surface area contributed by atoms with Gasteiger partial charge < -0.3 is 14.8 Å². The molecule has 0 unspecified atom stereocenters. The first kappa shape index (κ1) is 27.1. The molecule has 12 nitrogen and oxygen atoms in total. The van der Waals surface area contributed by atoms with Crippen LogP contribution in [0.15, 0.2) is 58.8 Å². The maximum atomic E-state index is 13.1. The van der Waals surface area contributed by atoms with Crippen LogP contribution in [0.5, 0.6) is 0 Å². The highest BCUT2D eigenvalue weighted by atomic mass is 35.5. The third kappa shape index (κ3) is 6.44. The summed E-state index contributed by atoms with van der Waals surface area (Å²) in [5.74, 6) is -4.84. The van der Waals surface area contributed by atoms with Crippen molar-refractivity contribution in [3.63, 3.8) is 0 Å². The van der Waals surface area contributed by atoms with Gasteiger partial charge in [0.1, 0.15) is 5.88 Å². The fraction of sp³-hybridized carbons (Fsp3) is 0.273. The van der Waals surface area contributed by atoms with Crippen LogP contribution >= 0.6 is 11.6 Å². The lowest BCUT2D eigenvalue weighted by Crippen LogP contribution is -2.60. The lowest BCUT2D eigenvalue weighted by Gasteiger charge is -2.24. The Balaban J connectivity index is 2.69. The van der Waals surface area contributed by atoms with Crippen LogP contribution in [0.25, 0.3) is 0 Å². The first-order valence-corrected chi connectivity index (χ1v) is 10.8. The summed E-state index contributed by atoms with van der Waals surface area (Å²) in [4.78, 5) is 61.2. The van der Waals surface area contributed by atoms with Crippen LogP contribution in [0, 0.1) is 10.1 Å². The third-order valence-electron chi connectivity index (χ3n) is 4.36. The van der Waals surface area contributed by atoms with Crippen molar-refractivity contribution in [1.82, 2.24) is 5.32 Å². The Labute approximate surface area is 204 Å². The molecule has 35 heavy (non-hydrogen) atoms. The molecule has 0 aliphatic carbocycles. The van der Waals surface area contributed by atoms with Crippen LogP contribution in [-0.2, 0) is 23.9 Å². The molecule has 0 atom stereocenters. The number of benzene rings is 2. The summed E-state index contributed by atoms with van der Waals surface area (Å²) in [7, 11) is 0. The van der Waals surface area contributed by atoms with Gasteiger partial charge in [-0.2, -0.15) is 5.11 Å². The van der Waals surface area contributed by atoms with Crippen LogP contribution in [0.3, 0.4) is 0 Å². The Morgan fingerprint density at radius 2 is 1.63 bits per heavy atom. The number of ether oxygens (including phenoxy) is 2. The first-order valence-electron chi connectivity index (χ1n) is 10.2. The van der Waals surface area contributed by atoms with Gasteiger partial charge in [0, 0.05) is 17.7 Å². The summed E-state index contributed by atoms with van der Waals surface area (Å²) >= 11 is 5.52. The third-order valence-corrected chi connectivity index (χ3v) is 4.61. The quantitative estimate of drug-likeness (QED) is 0.0926. The van der Waals surface area contributed by atoms with Crippen molar-refractivity contribution in [2.45, 2.75) is 19.5 Å². The lowest BCUT2D eigenvalue weighted by molar-refractivity contribution is -0.384. The van der Waals surface area contributed by atoms with E-state index in [4.69, 9.17) is 21.1 Å². The smallest absolute Gasteiger partial charge is 0.369 e. The van der Waals surface area contributed by atoms with Crippen LogP contribution in [0.1, 0.15) is 29.8 Å². The van der Waals surface area contributed by atoms with E-state index in [0.29, 0.717) is 0 Å². The Kier molecular flexibility index (Phi) is 9.53. The van der Waals surface area contributed by atoms with E-state index in [-0.39, 0.29) is 30.0 Å². The molecule has 0 saturated heterocycles. The minimum atomic E-state index is -2.77. The highest BCUT2D eigenvalue weighted by Gasteiger charge is 2.52. The molecule has 2 aromatic carbocycles. The minimum Gasteiger partial charge on any atom is -0.462 e. The van der Waals surface area contributed by atoms with E-state index in [9.17, 15) is 29.3 Å². The van der Waals surface area contributed by atoms with E-state index < -0.39 is 45.8 Å². The number of alkyl halides is 1. The largest absolute Gasteiger partial charge is 0.462 e. The number of hydrogen-bond acceptors (Lipinski definition) is 10. The van der Waals surface area contributed by atoms with E-state index in [0.717, 1.165) is 18.2 Å². The maximum absolute atomic E-state index is 13.1. The summed E-state index contributed by atoms with van der Waals surface area (Å²) in [6.07, 6.45) is 0. The topological polar surface area (TPSA) is 167 Å². The molecule has 0 fully saturated rings. The molecule has 0 radical (unpaired) electrons. The van der Waals surface area contributed by atoms with Gasteiger partial charge in [-0.25, -0.2) is 9.59 Å². The van der Waals surface area contributed by atoms with E-state index in [1.165, 1.54) is 26.0 Å². The molecule has 2 aromatic rings. The normalized spacial score (nSPS) is 11.1. The number of amides is 1. The molecular formula is C22H21ClN4O8. The zero-order chi connectivity index (χ0) is 26.0. The number of ketones is 1. The van der Waals surface area contributed by atoms with Crippen LogP contribution < -0.4 is 5.32 Å². The van der Waals surface area contributed by atoms with Crippen molar-refractivity contribution in [1.29, 1.82) is 0 Å². The zero-order valence-corrected chi connectivity index (χ0v) is 19.5. The second-order valence-corrected chi connectivity index (χ2v) is 6.95. The second-order valence-electron chi connectivity index (χ2n) is 6.69. The maximum Gasteiger partial charge on any atom is 0.369 e. The summed E-state index contributed by atoms with van der Waals surface area (Å²) in [5, 5.41) is 20.9. The van der Waals surface area contributed by atoms with Gasteiger partial charge in [-0.3, -0.25) is 19.7 Å². The molecule has 1 N–H and O–H groups in total. The molecule has 0 aliphatic rings. The highest BCUT2D eigenvalue weighted by Crippen LogP contribution is 2.29. The first-order chi connectivity index (χ1) is 16.7. The number of rotatable bonds is 11. The molecule has 13 heteroatoms.